The Morgan fingerprint density at radius 1 is 1.10 bits per heavy atom. The summed E-state index contributed by atoms with van der Waals surface area (Å²) in [4.78, 5) is 12.4. The van der Waals surface area contributed by atoms with Crippen LogP contribution in [0.3, 0.4) is 0 Å². The molecule has 0 aliphatic rings. The van der Waals surface area contributed by atoms with Gasteiger partial charge in [0.1, 0.15) is 5.58 Å². The molecule has 0 aliphatic carbocycles. The van der Waals surface area contributed by atoms with E-state index in [4.69, 9.17) is 4.42 Å². The molecule has 21 heavy (non-hydrogen) atoms. The first kappa shape index (κ1) is 14.4. The molecule has 2 aromatic carbocycles. The number of aromatic hydroxyl groups is 1. The summed E-state index contributed by atoms with van der Waals surface area (Å²) in [5, 5.41) is 10.5. The lowest BCUT2D eigenvalue weighted by atomic mass is 10.1. The summed E-state index contributed by atoms with van der Waals surface area (Å²) in [6.07, 6.45) is 0. The van der Waals surface area contributed by atoms with Crippen LogP contribution in [0.5, 0.6) is 5.75 Å². The Hall–Kier alpha value is -1.59. The van der Waals surface area contributed by atoms with Crippen molar-refractivity contribution in [1.82, 2.24) is 0 Å². The van der Waals surface area contributed by atoms with Gasteiger partial charge >= 0.3 is 0 Å². The minimum Gasteiger partial charge on any atom is -0.502 e. The Morgan fingerprint density at radius 3 is 2.43 bits per heavy atom. The maximum atomic E-state index is 12.4. The summed E-state index contributed by atoms with van der Waals surface area (Å²) in [6, 6.07) is 10.9. The molecule has 5 heteroatoms. The molecule has 0 bridgehead atoms. The van der Waals surface area contributed by atoms with Crippen LogP contribution < -0.4 is 5.43 Å². The van der Waals surface area contributed by atoms with E-state index in [1.54, 1.807) is 12.1 Å². The van der Waals surface area contributed by atoms with Gasteiger partial charge in [0.2, 0.25) is 11.2 Å². The summed E-state index contributed by atoms with van der Waals surface area (Å²) in [5.74, 6) is -0.202. The van der Waals surface area contributed by atoms with Gasteiger partial charge in [-0.3, -0.25) is 4.79 Å². The van der Waals surface area contributed by atoms with Gasteiger partial charge in [0.05, 0.1) is 5.39 Å². The largest absolute Gasteiger partial charge is 0.502 e. The minimum atomic E-state index is -0.453. The van der Waals surface area contributed by atoms with Crippen molar-refractivity contribution in [2.24, 2.45) is 0 Å². The monoisotopic (exact) mass is 408 g/mol. The van der Waals surface area contributed by atoms with Gasteiger partial charge in [-0.05, 0) is 35.0 Å². The van der Waals surface area contributed by atoms with Crippen molar-refractivity contribution in [1.29, 1.82) is 0 Å². The van der Waals surface area contributed by atoms with Gasteiger partial charge in [0.15, 0.2) is 5.76 Å². The van der Waals surface area contributed by atoms with E-state index >= 15 is 0 Å². The lowest BCUT2D eigenvalue weighted by Gasteiger charge is -2.07. The van der Waals surface area contributed by atoms with E-state index in [-0.39, 0.29) is 11.5 Å². The summed E-state index contributed by atoms with van der Waals surface area (Å²) in [6.45, 7) is 1.97. The molecule has 0 spiro atoms. The highest BCUT2D eigenvalue weighted by atomic mass is 79.9. The van der Waals surface area contributed by atoms with Crippen LogP contribution >= 0.6 is 31.9 Å². The number of benzene rings is 2. The molecular formula is C16H10Br2O3. The van der Waals surface area contributed by atoms with Crippen molar-refractivity contribution in [3.63, 3.8) is 0 Å². The third kappa shape index (κ3) is 2.51. The molecule has 0 radical (unpaired) electrons. The minimum absolute atomic E-state index is 0.178. The van der Waals surface area contributed by atoms with Crippen molar-refractivity contribution in [2.75, 3.05) is 0 Å². The number of halogens is 2. The highest BCUT2D eigenvalue weighted by molar-refractivity contribution is 9.11. The summed E-state index contributed by atoms with van der Waals surface area (Å²) < 4.78 is 7.11. The highest BCUT2D eigenvalue weighted by Crippen LogP contribution is 2.34. The predicted octanol–water partition coefficient (Wildman–Crippen LogP) is 5.00. The van der Waals surface area contributed by atoms with E-state index < -0.39 is 5.43 Å². The van der Waals surface area contributed by atoms with Gasteiger partial charge in [0.25, 0.3) is 0 Å². The van der Waals surface area contributed by atoms with Crippen molar-refractivity contribution < 1.29 is 9.52 Å². The molecular weight excluding hydrogens is 400 g/mol. The average Bonchev–Trinajstić information content (AvgIpc) is 2.43. The molecule has 0 aliphatic heterocycles. The van der Waals surface area contributed by atoms with E-state index in [1.807, 2.05) is 31.2 Å². The standard InChI is InChI=1S/C16H10Br2O3/c1-8-2-4-9(5-3-8)16-15(20)14(19)13-11(18)6-10(17)7-12(13)21-16/h2-7,20H,1H3. The quantitative estimate of drug-likeness (QED) is 0.615. The zero-order chi connectivity index (χ0) is 15.1. The smallest absolute Gasteiger partial charge is 0.236 e. The summed E-state index contributed by atoms with van der Waals surface area (Å²) in [7, 11) is 0. The van der Waals surface area contributed by atoms with Gasteiger partial charge in [-0.15, -0.1) is 0 Å². The highest BCUT2D eigenvalue weighted by Gasteiger charge is 2.17. The van der Waals surface area contributed by atoms with Crippen molar-refractivity contribution in [3.05, 3.63) is 61.1 Å². The van der Waals surface area contributed by atoms with Crippen LogP contribution in [0.2, 0.25) is 0 Å². The Bertz CT molecular complexity index is 896. The second-order valence-electron chi connectivity index (χ2n) is 4.74. The maximum absolute atomic E-state index is 12.4. The predicted molar refractivity (Wildman–Crippen MR) is 89.7 cm³/mol. The third-order valence-electron chi connectivity index (χ3n) is 3.20. The van der Waals surface area contributed by atoms with Crippen LogP contribution in [0, 0.1) is 6.92 Å². The van der Waals surface area contributed by atoms with E-state index in [0.29, 0.717) is 21.0 Å². The van der Waals surface area contributed by atoms with Crippen molar-refractivity contribution in [3.8, 4) is 17.1 Å². The van der Waals surface area contributed by atoms with Gasteiger partial charge in [0, 0.05) is 14.5 Å². The molecule has 106 valence electrons. The molecule has 1 N–H and O–H groups in total. The van der Waals surface area contributed by atoms with Gasteiger partial charge < -0.3 is 9.52 Å². The Labute approximate surface area is 137 Å². The molecule has 0 fully saturated rings. The third-order valence-corrected chi connectivity index (χ3v) is 4.29. The van der Waals surface area contributed by atoms with E-state index in [0.717, 1.165) is 10.0 Å². The van der Waals surface area contributed by atoms with Crippen molar-refractivity contribution in [2.45, 2.75) is 6.92 Å². The number of hydrogen-bond acceptors (Lipinski definition) is 3. The van der Waals surface area contributed by atoms with Crippen molar-refractivity contribution >= 4 is 42.8 Å². The molecule has 1 aromatic heterocycles. The van der Waals surface area contributed by atoms with Gasteiger partial charge in [-0.2, -0.15) is 0 Å². The maximum Gasteiger partial charge on any atom is 0.236 e. The zero-order valence-electron chi connectivity index (χ0n) is 11.0. The summed E-state index contributed by atoms with van der Waals surface area (Å²) >= 11 is 6.68. The molecule has 3 aromatic rings. The number of rotatable bonds is 1. The number of aryl methyl sites for hydroxylation is 1. The fourth-order valence-corrected chi connectivity index (χ4v) is 3.50. The average molecular weight is 410 g/mol. The number of hydrogen-bond donors (Lipinski definition) is 1. The normalized spacial score (nSPS) is 11.0. The molecule has 0 unspecified atom stereocenters. The van der Waals surface area contributed by atoms with Crippen LogP contribution in [0.1, 0.15) is 5.56 Å². The molecule has 1 heterocycles. The summed E-state index contributed by atoms with van der Waals surface area (Å²) in [5.41, 5.74) is 1.71. The topological polar surface area (TPSA) is 50.4 Å². The molecule has 0 amide bonds. The van der Waals surface area contributed by atoms with Gasteiger partial charge in [-0.1, -0.05) is 45.8 Å². The van der Waals surface area contributed by atoms with Crippen LogP contribution in [0.15, 0.2) is 54.6 Å². The fourth-order valence-electron chi connectivity index (χ4n) is 2.13. The van der Waals surface area contributed by atoms with E-state index in [1.165, 1.54) is 0 Å². The van der Waals surface area contributed by atoms with E-state index in [2.05, 4.69) is 31.9 Å². The number of fused-ring (bicyclic) bond motifs is 1. The lowest BCUT2D eigenvalue weighted by molar-refractivity contribution is 0.449. The molecule has 3 nitrogen and oxygen atoms in total. The molecule has 3 rings (SSSR count). The molecule has 0 saturated carbocycles. The van der Waals surface area contributed by atoms with Crippen LogP contribution in [-0.4, -0.2) is 5.11 Å². The Kier molecular flexibility index (Phi) is 3.63. The first-order valence-corrected chi connectivity index (χ1v) is 7.78. The van der Waals surface area contributed by atoms with Gasteiger partial charge in [-0.25, -0.2) is 0 Å². The van der Waals surface area contributed by atoms with Crippen LogP contribution in [0.4, 0.5) is 0 Å². The SMILES string of the molecule is Cc1ccc(-c2oc3cc(Br)cc(Br)c3c(=O)c2O)cc1. The van der Waals surface area contributed by atoms with Crippen LogP contribution in [0.25, 0.3) is 22.3 Å². The second kappa shape index (κ2) is 5.31. The van der Waals surface area contributed by atoms with E-state index in [9.17, 15) is 9.90 Å². The first-order chi connectivity index (χ1) is 9.97. The Balaban J connectivity index is 2.37. The Morgan fingerprint density at radius 2 is 1.76 bits per heavy atom. The molecule has 0 atom stereocenters. The molecule has 0 saturated heterocycles. The second-order valence-corrected chi connectivity index (χ2v) is 6.51. The fraction of sp³-hybridized carbons (Fsp3) is 0.0625. The van der Waals surface area contributed by atoms with Crippen LogP contribution in [-0.2, 0) is 0 Å². The first-order valence-electron chi connectivity index (χ1n) is 6.19. The zero-order valence-corrected chi connectivity index (χ0v) is 14.2. The lowest BCUT2D eigenvalue weighted by Crippen LogP contribution is -2.03.